The molecule has 1 aromatic rings. The van der Waals surface area contributed by atoms with Crippen LogP contribution >= 0.6 is 0 Å². The molecule has 1 aromatic carbocycles. The van der Waals surface area contributed by atoms with Crippen LogP contribution in [0.1, 0.15) is 58.4 Å². The lowest BCUT2D eigenvalue weighted by Gasteiger charge is -2.19. The third-order valence-electron chi connectivity index (χ3n) is 3.54. The molecule has 0 saturated carbocycles. The van der Waals surface area contributed by atoms with E-state index in [0.717, 1.165) is 31.4 Å². The minimum absolute atomic E-state index is 0.226. The summed E-state index contributed by atoms with van der Waals surface area (Å²) in [6, 6.07) is 7.90. The molecule has 0 spiro atoms. The van der Waals surface area contributed by atoms with E-state index < -0.39 is 17.7 Å². The van der Waals surface area contributed by atoms with E-state index in [1.165, 1.54) is 5.56 Å². The largest absolute Gasteiger partial charge is 0.494 e. The first kappa shape index (κ1) is 21.8. The summed E-state index contributed by atoms with van der Waals surface area (Å²) in [5.41, 5.74) is 0.708. The number of alkyl carbamates (subject to hydrolysis) is 1. The predicted molar refractivity (Wildman–Crippen MR) is 101 cm³/mol. The molecule has 6 nitrogen and oxygen atoms in total. The van der Waals surface area contributed by atoms with Crippen molar-refractivity contribution in [2.24, 2.45) is 0 Å². The zero-order chi connectivity index (χ0) is 19.4. The lowest BCUT2D eigenvalue weighted by molar-refractivity contribution is -0.137. The Labute approximate surface area is 155 Å². The third-order valence-corrected chi connectivity index (χ3v) is 3.54. The van der Waals surface area contributed by atoms with E-state index in [4.69, 9.17) is 14.6 Å². The van der Waals surface area contributed by atoms with E-state index in [9.17, 15) is 9.59 Å². The number of hydrogen-bond donors (Lipinski definition) is 2. The Kier molecular flexibility index (Phi) is 9.55. The lowest BCUT2D eigenvalue weighted by Crippen LogP contribution is -2.33. The van der Waals surface area contributed by atoms with E-state index in [1.807, 2.05) is 45.0 Å². The molecule has 0 aliphatic rings. The average Bonchev–Trinajstić information content (AvgIpc) is 2.54. The lowest BCUT2D eigenvalue weighted by atomic mass is 10.1. The molecule has 0 aromatic heterocycles. The minimum Gasteiger partial charge on any atom is -0.494 e. The number of rotatable bonds is 11. The van der Waals surface area contributed by atoms with E-state index >= 15 is 0 Å². The average molecular weight is 365 g/mol. The summed E-state index contributed by atoms with van der Waals surface area (Å²) >= 11 is 0. The monoisotopic (exact) mass is 365 g/mol. The van der Waals surface area contributed by atoms with Gasteiger partial charge in [0.15, 0.2) is 0 Å². The van der Waals surface area contributed by atoms with Crippen LogP contribution in [-0.2, 0) is 16.0 Å². The van der Waals surface area contributed by atoms with Crippen molar-refractivity contribution >= 4 is 12.1 Å². The molecule has 0 aliphatic heterocycles. The van der Waals surface area contributed by atoms with Crippen molar-refractivity contribution in [1.29, 1.82) is 0 Å². The maximum atomic E-state index is 11.5. The minimum atomic E-state index is -0.741. The molecule has 0 saturated heterocycles. The van der Waals surface area contributed by atoms with Crippen LogP contribution in [0.25, 0.3) is 0 Å². The van der Waals surface area contributed by atoms with E-state index in [2.05, 4.69) is 5.32 Å². The fourth-order valence-corrected chi connectivity index (χ4v) is 2.28. The van der Waals surface area contributed by atoms with Gasteiger partial charge in [0.05, 0.1) is 6.61 Å². The van der Waals surface area contributed by atoms with Crippen molar-refractivity contribution in [1.82, 2.24) is 5.32 Å². The molecule has 0 heterocycles. The molecule has 0 fully saturated rings. The van der Waals surface area contributed by atoms with Gasteiger partial charge in [-0.3, -0.25) is 4.79 Å². The quantitative estimate of drug-likeness (QED) is 0.575. The Morgan fingerprint density at radius 2 is 1.73 bits per heavy atom. The molecule has 0 radical (unpaired) electrons. The normalized spacial score (nSPS) is 11.0. The van der Waals surface area contributed by atoms with Gasteiger partial charge in [0.25, 0.3) is 0 Å². The van der Waals surface area contributed by atoms with Crippen molar-refractivity contribution < 1.29 is 24.2 Å². The van der Waals surface area contributed by atoms with Crippen LogP contribution in [0.5, 0.6) is 5.75 Å². The van der Waals surface area contributed by atoms with Crippen molar-refractivity contribution in [3.05, 3.63) is 29.8 Å². The van der Waals surface area contributed by atoms with Crippen LogP contribution in [0.4, 0.5) is 4.79 Å². The molecule has 0 bridgehead atoms. The first-order valence-electron chi connectivity index (χ1n) is 9.16. The number of ether oxygens (including phenoxy) is 2. The van der Waals surface area contributed by atoms with Crippen LogP contribution in [0.3, 0.4) is 0 Å². The Bertz CT molecular complexity index is 548. The van der Waals surface area contributed by atoms with Crippen LogP contribution < -0.4 is 10.1 Å². The van der Waals surface area contributed by atoms with Crippen molar-refractivity contribution in [3.63, 3.8) is 0 Å². The highest BCUT2D eigenvalue weighted by Crippen LogP contribution is 2.15. The molecular weight excluding hydrogens is 334 g/mol. The smallest absolute Gasteiger partial charge is 0.407 e. The summed E-state index contributed by atoms with van der Waals surface area (Å²) in [5, 5.41) is 11.3. The maximum Gasteiger partial charge on any atom is 0.407 e. The summed E-state index contributed by atoms with van der Waals surface area (Å²) in [5.74, 6) is 0.0782. The number of carbonyl (C=O) groups is 2. The van der Waals surface area contributed by atoms with Gasteiger partial charge in [-0.25, -0.2) is 4.79 Å². The summed E-state index contributed by atoms with van der Waals surface area (Å²) in [7, 11) is 0. The van der Waals surface area contributed by atoms with E-state index in [0.29, 0.717) is 19.6 Å². The predicted octanol–water partition coefficient (Wildman–Crippen LogP) is 4.17. The van der Waals surface area contributed by atoms with Gasteiger partial charge >= 0.3 is 12.1 Å². The highest BCUT2D eigenvalue weighted by atomic mass is 16.6. The summed E-state index contributed by atoms with van der Waals surface area (Å²) in [4.78, 5) is 21.9. The standard InChI is InChI=1S/C20H31NO5/c1-20(2,3)26-19(24)21-14-6-7-15-25-17-12-10-16(11-13-17)8-4-5-9-18(22)23/h10-13H,4-9,14-15H2,1-3H3,(H,21,24)(H,22,23). The summed E-state index contributed by atoms with van der Waals surface area (Å²) in [6.45, 7) is 6.66. The number of carboxylic acid groups (broad SMARTS) is 1. The molecule has 1 rings (SSSR count). The van der Waals surface area contributed by atoms with E-state index in [-0.39, 0.29) is 6.42 Å². The van der Waals surface area contributed by atoms with Gasteiger partial charge in [0.2, 0.25) is 0 Å². The van der Waals surface area contributed by atoms with Gasteiger partial charge in [0.1, 0.15) is 11.4 Å². The Hall–Kier alpha value is -2.24. The van der Waals surface area contributed by atoms with Gasteiger partial charge < -0.3 is 19.9 Å². The Balaban J connectivity index is 2.10. The Morgan fingerprint density at radius 1 is 1.04 bits per heavy atom. The highest BCUT2D eigenvalue weighted by Gasteiger charge is 2.15. The molecule has 0 atom stereocenters. The number of nitrogens with one attached hydrogen (secondary N) is 1. The zero-order valence-corrected chi connectivity index (χ0v) is 16.0. The van der Waals surface area contributed by atoms with Gasteiger partial charge in [-0.2, -0.15) is 0 Å². The molecule has 6 heteroatoms. The molecule has 2 N–H and O–H groups in total. The number of hydrogen-bond acceptors (Lipinski definition) is 4. The third kappa shape index (κ3) is 11.3. The highest BCUT2D eigenvalue weighted by molar-refractivity contribution is 5.67. The number of benzene rings is 1. The number of amides is 1. The van der Waals surface area contributed by atoms with Crippen LogP contribution in [0, 0.1) is 0 Å². The van der Waals surface area contributed by atoms with Gasteiger partial charge in [-0.15, -0.1) is 0 Å². The molecular formula is C20H31NO5. The first-order chi connectivity index (χ1) is 12.3. The fraction of sp³-hybridized carbons (Fsp3) is 0.600. The SMILES string of the molecule is CC(C)(C)OC(=O)NCCCCOc1ccc(CCCCC(=O)O)cc1. The number of aryl methyl sites for hydroxylation is 1. The molecule has 1 amide bonds. The second-order valence-corrected chi connectivity index (χ2v) is 7.23. The van der Waals surface area contributed by atoms with E-state index in [1.54, 1.807) is 0 Å². The molecule has 0 unspecified atom stereocenters. The number of carboxylic acids is 1. The van der Waals surface area contributed by atoms with Gasteiger partial charge in [-0.05, 0) is 70.6 Å². The first-order valence-corrected chi connectivity index (χ1v) is 9.16. The number of aliphatic carboxylic acids is 1. The number of carbonyl (C=O) groups excluding carboxylic acids is 1. The number of unbranched alkanes of at least 4 members (excludes halogenated alkanes) is 2. The van der Waals surface area contributed by atoms with Crippen LogP contribution in [0.2, 0.25) is 0 Å². The zero-order valence-electron chi connectivity index (χ0n) is 16.0. The second-order valence-electron chi connectivity index (χ2n) is 7.23. The maximum absolute atomic E-state index is 11.5. The summed E-state index contributed by atoms with van der Waals surface area (Å²) in [6.07, 6.45) is 3.95. The molecule has 0 aliphatic carbocycles. The molecule has 146 valence electrons. The second kappa shape index (κ2) is 11.4. The van der Waals surface area contributed by atoms with Gasteiger partial charge in [-0.1, -0.05) is 12.1 Å². The molecule has 26 heavy (non-hydrogen) atoms. The summed E-state index contributed by atoms with van der Waals surface area (Å²) < 4.78 is 10.8. The van der Waals surface area contributed by atoms with Crippen molar-refractivity contribution in [2.45, 2.75) is 64.9 Å². The topological polar surface area (TPSA) is 84.9 Å². The fourth-order valence-electron chi connectivity index (χ4n) is 2.28. The van der Waals surface area contributed by atoms with Crippen LogP contribution in [0.15, 0.2) is 24.3 Å². The van der Waals surface area contributed by atoms with Gasteiger partial charge in [0, 0.05) is 13.0 Å². The Morgan fingerprint density at radius 3 is 2.35 bits per heavy atom. The van der Waals surface area contributed by atoms with Crippen molar-refractivity contribution in [3.8, 4) is 5.75 Å². The van der Waals surface area contributed by atoms with Crippen LogP contribution in [-0.4, -0.2) is 35.9 Å². The van der Waals surface area contributed by atoms with Crippen molar-refractivity contribution in [2.75, 3.05) is 13.2 Å².